The van der Waals surface area contributed by atoms with Crippen LogP contribution in [0.4, 0.5) is 0 Å². The van der Waals surface area contributed by atoms with Crippen molar-refractivity contribution in [3.8, 4) is 0 Å². The summed E-state index contributed by atoms with van der Waals surface area (Å²) in [5, 5.41) is 0. The van der Waals surface area contributed by atoms with Crippen LogP contribution < -0.4 is 0 Å². The van der Waals surface area contributed by atoms with Gasteiger partial charge in [-0.15, -0.1) is 11.3 Å². The van der Waals surface area contributed by atoms with Crippen LogP contribution in [0.25, 0.3) is 0 Å². The van der Waals surface area contributed by atoms with E-state index in [-0.39, 0.29) is 5.97 Å². The van der Waals surface area contributed by atoms with Crippen molar-refractivity contribution in [1.82, 2.24) is 0 Å². The van der Waals surface area contributed by atoms with E-state index in [1.54, 1.807) is 11.3 Å². The van der Waals surface area contributed by atoms with E-state index in [0.717, 1.165) is 11.3 Å². The summed E-state index contributed by atoms with van der Waals surface area (Å²) in [5.41, 5.74) is 0. The Hall–Kier alpha value is -0.830. The minimum Gasteiger partial charge on any atom is -0.461 e. The fraction of sp³-hybridized carbons (Fsp3) is 0.706. The van der Waals surface area contributed by atoms with Gasteiger partial charge in [0, 0.05) is 4.88 Å². The second kappa shape index (κ2) is 8.46. The predicted molar refractivity (Wildman–Crippen MR) is 84.4 cm³/mol. The Morgan fingerprint density at radius 2 is 1.95 bits per heavy atom. The van der Waals surface area contributed by atoms with Gasteiger partial charge < -0.3 is 4.74 Å². The van der Waals surface area contributed by atoms with Gasteiger partial charge in [-0.1, -0.05) is 39.0 Å². The molecule has 0 atom stereocenters. The molecule has 0 aliphatic heterocycles. The number of aryl methyl sites for hydroxylation is 1. The van der Waals surface area contributed by atoms with E-state index in [1.807, 2.05) is 6.07 Å². The van der Waals surface area contributed by atoms with Crippen LogP contribution in [0.15, 0.2) is 12.1 Å². The highest BCUT2D eigenvalue weighted by Crippen LogP contribution is 2.29. The summed E-state index contributed by atoms with van der Waals surface area (Å²) in [5.74, 6) is 0.512. The Labute approximate surface area is 126 Å². The van der Waals surface area contributed by atoms with Crippen LogP contribution in [0.2, 0.25) is 0 Å². The van der Waals surface area contributed by atoms with E-state index in [1.165, 1.54) is 56.2 Å². The molecule has 1 saturated carbocycles. The van der Waals surface area contributed by atoms with Gasteiger partial charge in [-0.2, -0.15) is 0 Å². The molecule has 1 aromatic heterocycles. The molecule has 0 aromatic carbocycles. The zero-order valence-corrected chi connectivity index (χ0v) is 13.3. The lowest BCUT2D eigenvalue weighted by molar-refractivity contribution is 0.0492. The predicted octanol–water partition coefficient (Wildman–Crippen LogP) is 5.22. The third-order valence-corrected chi connectivity index (χ3v) is 4.91. The first-order valence-electron chi connectivity index (χ1n) is 8.05. The number of unbranched alkanes of at least 4 members (excludes halogenated alkanes) is 5. The first-order chi connectivity index (χ1) is 9.79. The maximum atomic E-state index is 11.8. The largest absolute Gasteiger partial charge is 0.461 e. The first kappa shape index (κ1) is 15.6. The first-order valence-corrected chi connectivity index (χ1v) is 8.87. The van der Waals surface area contributed by atoms with Crippen LogP contribution in [0.3, 0.4) is 0 Å². The number of thiophene rings is 1. The molecule has 112 valence electrons. The summed E-state index contributed by atoms with van der Waals surface area (Å²) in [7, 11) is 0. The Kier molecular flexibility index (Phi) is 6.58. The van der Waals surface area contributed by atoms with Crippen LogP contribution >= 0.6 is 11.3 Å². The molecule has 20 heavy (non-hydrogen) atoms. The second-order valence-corrected chi connectivity index (χ2v) is 6.99. The van der Waals surface area contributed by atoms with Gasteiger partial charge in [0.15, 0.2) is 0 Å². The van der Waals surface area contributed by atoms with Crippen LogP contribution in [-0.2, 0) is 11.2 Å². The third-order valence-electron chi connectivity index (χ3n) is 3.79. The molecule has 0 N–H and O–H groups in total. The molecule has 2 nitrogen and oxygen atoms in total. The van der Waals surface area contributed by atoms with E-state index in [2.05, 4.69) is 13.0 Å². The summed E-state index contributed by atoms with van der Waals surface area (Å²) < 4.78 is 5.31. The maximum Gasteiger partial charge on any atom is 0.348 e. The van der Waals surface area contributed by atoms with Crippen LogP contribution in [0, 0.1) is 5.92 Å². The van der Waals surface area contributed by atoms with Crippen molar-refractivity contribution < 1.29 is 9.53 Å². The number of hydrogen-bond donors (Lipinski definition) is 0. The van der Waals surface area contributed by atoms with Gasteiger partial charge >= 0.3 is 5.97 Å². The average molecular weight is 294 g/mol. The normalized spacial score (nSPS) is 14.4. The maximum absolute atomic E-state index is 11.8. The highest BCUT2D eigenvalue weighted by atomic mass is 32.1. The summed E-state index contributed by atoms with van der Waals surface area (Å²) in [6.07, 6.45) is 11.5. The Balaban J connectivity index is 1.62. The average Bonchev–Trinajstić information content (AvgIpc) is 3.17. The van der Waals surface area contributed by atoms with Crippen LogP contribution in [0.5, 0.6) is 0 Å². The topological polar surface area (TPSA) is 26.3 Å². The highest BCUT2D eigenvalue weighted by molar-refractivity contribution is 7.13. The highest BCUT2D eigenvalue weighted by Gasteiger charge is 2.23. The quantitative estimate of drug-likeness (QED) is 0.437. The van der Waals surface area contributed by atoms with Gasteiger partial charge in [0.2, 0.25) is 0 Å². The SMILES string of the molecule is CCCCCCCCc1ccc(C(=O)OCC2CC2)s1. The van der Waals surface area contributed by atoms with Crippen molar-refractivity contribution in [2.75, 3.05) is 6.61 Å². The monoisotopic (exact) mass is 294 g/mol. The molecule has 1 aliphatic rings. The number of ether oxygens (including phenoxy) is 1. The summed E-state index contributed by atoms with van der Waals surface area (Å²) >= 11 is 1.61. The van der Waals surface area contributed by atoms with Gasteiger partial charge in [-0.3, -0.25) is 0 Å². The molecule has 1 aromatic rings. The molecule has 0 saturated heterocycles. The fourth-order valence-corrected chi connectivity index (χ4v) is 3.19. The lowest BCUT2D eigenvalue weighted by atomic mass is 10.1. The number of carbonyl (C=O) groups is 1. The van der Waals surface area contributed by atoms with E-state index in [0.29, 0.717) is 12.5 Å². The standard InChI is InChI=1S/C17H26O2S/c1-2-3-4-5-6-7-8-15-11-12-16(20-15)17(18)19-13-14-9-10-14/h11-12,14H,2-10,13H2,1H3. The summed E-state index contributed by atoms with van der Waals surface area (Å²) in [4.78, 5) is 13.9. The molecule has 1 fully saturated rings. The molecule has 0 radical (unpaired) electrons. The number of hydrogen-bond acceptors (Lipinski definition) is 3. The van der Waals surface area contributed by atoms with Crippen molar-refractivity contribution in [1.29, 1.82) is 0 Å². The lowest BCUT2D eigenvalue weighted by Gasteiger charge is -2.01. The zero-order valence-electron chi connectivity index (χ0n) is 12.5. The second-order valence-electron chi connectivity index (χ2n) is 5.83. The smallest absolute Gasteiger partial charge is 0.348 e. The summed E-state index contributed by atoms with van der Waals surface area (Å²) in [6.45, 7) is 2.86. The molecular weight excluding hydrogens is 268 g/mol. The molecule has 1 heterocycles. The van der Waals surface area contributed by atoms with Gasteiger partial charge in [0.05, 0.1) is 6.61 Å². The Bertz CT molecular complexity index is 407. The minimum atomic E-state index is -0.129. The van der Waals surface area contributed by atoms with E-state index >= 15 is 0 Å². The van der Waals surface area contributed by atoms with Crippen molar-refractivity contribution in [3.05, 3.63) is 21.9 Å². The summed E-state index contributed by atoms with van der Waals surface area (Å²) in [6, 6.07) is 4.01. The van der Waals surface area contributed by atoms with Gasteiger partial charge in [0.1, 0.15) is 4.88 Å². The van der Waals surface area contributed by atoms with Crippen molar-refractivity contribution >= 4 is 17.3 Å². The lowest BCUT2D eigenvalue weighted by Crippen LogP contribution is -2.05. The van der Waals surface area contributed by atoms with E-state index in [9.17, 15) is 4.79 Å². The third kappa shape index (κ3) is 5.66. The van der Waals surface area contributed by atoms with Gasteiger partial charge in [0.25, 0.3) is 0 Å². The number of carbonyl (C=O) groups excluding carboxylic acids is 1. The van der Waals surface area contributed by atoms with Crippen LogP contribution in [-0.4, -0.2) is 12.6 Å². The fourth-order valence-electron chi connectivity index (χ4n) is 2.25. The molecule has 0 bridgehead atoms. The molecule has 0 unspecified atom stereocenters. The zero-order chi connectivity index (χ0) is 14.2. The Morgan fingerprint density at radius 1 is 1.20 bits per heavy atom. The van der Waals surface area contributed by atoms with Crippen molar-refractivity contribution in [2.45, 2.75) is 64.7 Å². The molecule has 2 rings (SSSR count). The van der Waals surface area contributed by atoms with Gasteiger partial charge in [-0.05, 0) is 43.7 Å². The van der Waals surface area contributed by atoms with Crippen LogP contribution in [0.1, 0.15) is 72.8 Å². The van der Waals surface area contributed by atoms with E-state index in [4.69, 9.17) is 4.74 Å². The van der Waals surface area contributed by atoms with Gasteiger partial charge in [-0.25, -0.2) is 4.79 Å². The molecule has 3 heteroatoms. The number of esters is 1. The molecule has 0 spiro atoms. The minimum absolute atomic E-state index is 0.129. The number of rotatable bonds is 10. The molecule has 1 aliphatic carbocycles. The van der Waals surface area contributed by atoms with Crippen molar-refractivity contribution in [2.24, 2.45) is 5.92 Å². The van der Waals surface area contributed by atoms with Crippen molar-refractivity contribution in [3.63, 3.8) is 0 Å². The Morgan fingerprint density at radius 3 is 2.70 bits per heavy atom. The molecular formula is C17H26O2S. The molecule has 0 amide bonds. The van der Waals surface area contributed by atoms with E-state index < -0.39 is 0 Å².